The van der Waals surface area contributed by atoms with Crippen LogP contribution in [0, 0.1) is 0 Å². The molecular weight excluding hydrogens is 480 g/mol. The van der Waals surface area contributed by atoms with Crippen molar-refractivity contribution in [1.82, 2.24) is 38.6 Å². The Balaban J connectivity index is 1.52. The van der Waals surface area contributed by atoms with Gasteiger partial charge in [-0.3, -0.25) is 0 Å². The number of para-hydroxylation sites is 4. The van der Waals surface area contributed by atoms with E-state index in [4.69, 9.17) is 0 Å². The third-order valence-corrected chi connectivity index (χ3v) is 6.56. The summed E-state index contributed by atoms with van der Waals surface area (Å²) in [4.78, 5) is 17.5. The van der Waals surface area contributed by atoms with E-state index in [9.17, 15) is 0 Å². The lowest BCUT2D eigenvalue weighted by atomic mass is 10.3. The zero-order valence-corrected chi connectivity index (χ0v) is 19.9. The van der Waals surface area contributed by atoms with Gasteiger partial charge in [-0.05, 0) is 24.3 Å². The van der Waals surface area contributed by atoms with Gasteiger partial charge in [-0.2, -0.15) is 0 Å². The average Bonchev–Trinajstić information content (AvgIpc) is 3.78. The smallest absolute Gasteiger partial charge is 0.198 e. The fraction of sp³-hybridized carbons (Fsp3) is 0. The number of rotatable bonds is 4. The van der Waals surface area contributed by atoms with Crippen molar-refractivity contribution in [1.29, 1.82) is 0 Å². The van der Waals surface area contributed by atoms with E-state index in [1.807, 2.05) is 67.8 Å². The van der Waals surface area contributed by atoms with Crippen LogP contribution in [0.25, 0.3) is 0 Å². The van der Waals surface area contributed by atoms with Crippen LogP contribution in [-0.2, 0) is 0 Å². The summed E-state index contributed by atoms with van der Waals surface area (Å²) in [6.45, 7) is 0. The van der Waals surface area contributed by atoms with Gasteiger partial charge in [-0.15, -0.1) is 0 Å². The Kier molecular flexibility index (Phi) is 4.22. The summed E-state index contributed by atoms with van der Waals surface area (Å²) in [5, 5.41) is 8.55. The van der Waals surface area contributed by atoms with Crippen molar-refractivity contribution in [3.05, 3.63) is 135 Å². The molecule has 0 saturated heterocycles. The van der Waals surface area contributed by atoms with E-state index in [-0.39, 0.29) is 0 Å². The van der Waals surface area contributed by atoms with Crippen LogP contribution < -0.4 is 20.0 Å². The van der Waals surface area contributed by atoms with Crippen molar-refractivity contribution in [2.45, 2.75) is 0 Å². The Morgan fingerprint density at radius 2 is 0.632 bits per heavy atom. The molecule has 0 saturated carbocycles. The predicted octanol–water partition coefficient (Wildman–Crippen LogP) is 3.41. The van der Waals surface area contributed by atoms with Gasteiger partial charge in [0.25, 0.3) is 0 Å². The normalized spacial score (nSPS) is 14.5. The maximum absolute atomic E-state index is 4.37. The third kappa shape index (κ3) is 2.79. The lowest BCUT2D eigenvalue weighted by Gasteiger charge is -2.33. The molecule has 0 atom stereocenters. The Hall–Kier alpha value is -5.78. The van der Waals surface area contributed by atoms with Crippen LogP contribution in [0.2, 0.25) is 0 Å². The number of imidazole rings is 4. The number of fused-ring (bicyclic) bond motifs is 2. The zero-order valence-electron chi connectivity index (χ0n) is 19.9. The Labute approximate surface area is 216 Å². The van der Waals surface area contributed by atoms with E-state index in [2.05, 4.69) is 64.2 Å². The van der Waals surface area contributed by atoms with E-state index < -0.39 is 0 Å². The Morgan fingerprint density at radius 3 is 0.842 bits per heavy atom. The molecule has 184 valence electrons. The highest BCUT2D eigenvalue weighted by Crippen LogP contribution is 2.49. The van der Waals surface area contributed by atoms with E-state index in [1.165, 1.54) is 0 Å². The molecule has 0 radical (unpaired) electrons. The van der Waals surface area contributed by atoms with Gasteiger partial charge in [-0.1, -0.05) is 24.3 Å². The molecule has 12 nitrogen and oxygen atoms in total. The van der Waals surface area contributed by atoms with Gasteiger partial charge in [0.05, 0.1) is 22.7 Å². The first-order chi connectivity index (χ1) is 18.9. The Morgan fingerprint density at radius 1 is 0.368 bits per heavy atom. The van der Waals surface area contributed by atoms with Crippen molar-refractivity contribution < 1.29 is 0 Å². The van der Waals surface area contributed by atoms with E-state index in [0.717, 1.165) is 34.4 Å². The summed E-state index contributed by atoms with van der Waals surface area (Å²) in [6.07, 6.45) is 22.0. The standard InChI is InChI=1S/C26H20N12/c1-2-6-22-21(5-1)35(31-13-9-27-17-31)25(36(22)32-14-10-28-18-32)26-37(33-15-11-29-19-33)23-7-3-4-8-24(23)38(26)34-16-12-30-20-34/h1-20H. The molecule has 38 heavy (non-hydrogen) atoms. The third-order valence-electron chi connectivity index (χ3n) is 6.56. The van der Waals surface area contributed by atoms with Gasteiger partial charge in [0.15, 0.2) is 11.6 Å². The van der Waals surface area contributed by atoms with Gasteiger partial charge >= 0.3 is 0 Å². The van der Waals surface area contributed by atoms with E-state index in [0.29, 0.717) is 0 Å². The second kappa shape index (κ2) is 7.86. The average molecular weight is 501 g/mol. The number of hydrogen-bond acceptors (Lipinski definition) is 8. The van der Waals surface area contributed by atoms with Crippen LogP contribution in [0.5, 0.6) is 0 Å². The molecule has 4 aromatic heterocycles. The van der Waals surface area contributed by atoms with E-state index in [1.54, 1.807) is 50.1 Å². The van der Waals surface area contributed by atoms with Crippen molar-refractivity contribution in [2.24, 2.45) is 0 Å². The molecule has 0 spiro atoms. The molecule has 0 fully saturated rings. The minimum Gasteiger partial charge on any atom is -0.243 e. The van der Waals surface area contributed by atoms with E-state index >= 15 is 0 Å². The van der Waals surface area contributed by atoms with Gasteiger partial charge in [-0.25, -0.2) is 58.7 Å². The molecule has 0 unspecified atom stereocenters. The zero-order chi connectivity index (χ0) is 25.1. The SMILES string of the molecule is c1ccc2c(c1)N(n1ccnc1)C(=C1N(n3ccnc3)c3ccccc3N1n1ccnc1)N2n1ccnc1. The lowest BCUT2D eigenvalue weighted by molar-refractivity contribution is 0.650. The number of nitrogens with zero attached hydrogens (tertiary/aromatic N) is 12. The fourth-order valence-corrected chi connectivity index (χ4v) is 5.08. The molecule has 0 bridgehead atoms. The topological polar surface area (TPSA) is 84.2 Å². The highest BCUT2D eigenvalue weighted by atomic mass is 15.8. The number of hydrogen-bond donors (Lipinski definition) is 0. The second-order valence-electron chi connectivity index (χ2n) is 8.64. The summed E-state index contributed by atoms with van der Waals surface area (Å²) < 4.78 is 7.89. The quantitative estimate of drug-likeness (QED) is 0.364. The van der Waals surface area contributed by atoms with Crippen LogP contribution in [0.3, 0.4) is 0 Å². The largest absolute Gasteiger partial charge is 0.243 e. The van der Waals surface area contributed by atoms with Crippen LogP contribution in [0.15, 0.2) is 135 Å². The highest BCUT2D eigenvalue weighted by Gasteiger charge is 2.45. The van der Waals surface area contributed by atoms with Crippen LogP contribution in [0.4, 0.5) is 22.7 Å². The Bertz CT molecular complexity index is 1480. The summed E-state index contributed by atoms with van der Waals surface area (Å²) in [5.41, 5.74) is 3.92. The van der Waals surface area contributed by atoms with Gasteiger partial charge < -0.3 is 0 Å². The molecular formula is C26H20N12. The predicted molar refractivity (Wildman–Crippen MR) is 140 cm³/mol. The molecule has 2 aromatic carbocycles. The molecule has 8 rings (SSSR count). The highest BCUT2D eigenvalue weighted by molar-refractivity contribution is 5.88. The van der Waals surface area contributed by atoms with Crippen molar-refractivity contribution in [3.8, 4) is 0 Å². The summed E-state index contributed by atoms with van der Waals surface area (Å²) in [6, 6.07) is 16.5. The van der Waals surface area contributed by atoms with Crippen LogP contribution in [-0.4, -0.2) is 38.6 Å². The van der Waals surface area contributed by atoms with Crippen molar-refractivity contribution >= 4 is 22.7 Å². The van der Waals surface area contributed by atoms with Crippen LogP contribution in [0.1, 0.15) is 0 Å². The minimum absolute atomic E-state index is 0.834. The molecule has 2 aliphatic heterocycles. The maximum atomic E-state index is 4.37. The first-order valence-electron chi connectivity index (χ1n) is 12.0. The lowest BCUT2D eigenvalue weighted by Crippen LogP contribution is -2.44. The van der Waals surface area contributed by atoms with Gasteiger partial charge in [0, 0.05) is 49.6 Å². The number of anilines is 4. The van der Waals surface area contributed by atoms with Crippen molar-refractivity contribution in [3.63, 3.8) is 0 Å². The number of benzene rings is 2. The second-order valence-corrected chi connectivity index (χ2v) is 8.64. The molecule has 0 amide bonds. The van der Waals surface area contributed by atoms with Gasteiger partial charge in [0.2, 0.25) is 0 Å². The first-order valence-corrected chi connectivity index (χ1v) is 12.0. The maximum Gasteiger partial charge on any atom is 0.198 e. The monoisotopic (exact) mass is 500 g/mol. The molecule has 0 N–H and O–H groups in total. The molecule has 6 heterocycles. The first kappa shape index (κ1) is 20.4. The molecule has 6 aromatic rings. The molecule has 2 aliphatic rings. The number of aromatic nitrogens is 8. The van der Waals surface area contributed by atoms with Crippen LogP contribution >= 0.6 is 0 Å². The fourth-order valence-electron chi connectivity index (χ4n) is 5.08. The molecule has 0 aliphatic carbocycles. The summed E-state index contributed by atoms with van der Waals surface area (Å²) in [7, 11) is 0. The molecule has 12 heteroatoms. The van der Waals surface area contributed by atoms with Crippen molar-refractivity contribution in [2.75, 3.05) is 20.0 Å². The summed E-state index contributed by atoms with van der Waals surface area (Å²) >= 11 is 0. The minimum atomic E-state index is 0.834. The summed E-state index contributed by atoms with van der Waals surface area (Å²) in [5.74, 6) is 1.67. The van der Waals surface area contributed by atoms with Gasteiger partial charge in [0.1, 0.15) is 25.3 Å².